The Morgan fingerprint density at radius 3 is 2.84 bits per heavy atom. The molecule has 0 radical (unpaired) electrons. The number of nitrogens with one attached hydrogen (secondary N) is 1. The van der Waals surface area contributed by atoms with Crippen molar-refractivity contribution < 1.29 is 9.47 Å². The molecule has 3 heterocycles. The predicted molar refractivity (Wildman–Crippen MR) is 142 cm³/mol. The molecule has 1 fully saturated rings. The van der Waals surface area contributed by atoms with E-state index < -0.39 is 0 Å². The number of aromatic nitrogens is 5. The summed E-state index contributed by atoms with van der Waals surface area (Å²) in [5, 5.41) is 13.8. The van der Waals surface area contributed by atoms with Crippen molar-refractivity contribution in [1.82, 2.24) is 30.1 Å². The fourth-order valence-corrected chi connectivity index (χ4v) is 5.11. The number of nitrogens with zero attached hydrogens (tertiary/aromatic N) is 5. The van der Waals surface area contributed by atoms with Gasteiger partial charge in [-0.05, 0) is 59.5 Å². The van der Waals surface area contributed by atoms with Crippen LogP contribution in [0.2, 0.25) is 0 Å². The second-order valence-corrected chi connectivity index (χ2v) is 9.63. The van der Waals surface area contributed by atoms with Crippen LogP contribution in [0.5, 0.6) is 5.75 Å². The normalized spacial score (nSPS) is 16.5. The van der Waals surface area contributed by atoms with E-state index >= 15 is 0 Å². The zero-order valence-electron chi connectivity index (χ0n) is 21.5. The zero-order chi connectivity index (χ0) is 25.6. The van der Waals surface area contributed by atoms with Crippen LogP contribution in [0.25, 0.3) is 10.9 Å². The first-order valence-corrected chi connectivity index (χ1v) is 13.0. The molecule has 1 N–H and O–H groups in total. The molecule has 2 aromatic heterocycles. The predicted octanol–water partition coefficient (Wildman–Crippen LogP) is 4.09. The number of benzene rings is 2. The summed E-state index contributed by atoms with van der Waals surface area (Å²) >= 11 is 0. The van der Waals surface area contributed by atoms with Gasteiger partial charge in [0.05, 0.1) is 25.8 Å². The fraction of sp³-hybridized carbons (Fsp3) is 0.429. The van der Waals surface area contributed by atoms with Gasteiger partial charge in [-0.25, -0.2) is 4.68 Å². The van der Waals surface area contributed by atoms with Gasteiger partial charge in [-0.2, -0.15) is 0 Å². The Kier molecular flexibility index (Phi) is 7.91. The third kappa shape index (κ3) is 5.89. The standard InChI is InChI=1S/C28H34N6O3/c1-3-8-26(27-30-31-32-34(27)17-20-9-5-4-6-10-20)33(19-24-11-7-14-37-24)18-22-15-21-16-23(36-2)12-13-25(21)29-28(22)35/h4-6,9-10,12-13,15-16,24,26H,3,7-8,11,14,17-19H2,1-2H3,(H,29,35)/t24-,26+/m1/s1. The Balaban J connectivity index is 1.50. The Morgan fingerprint density at radius 2 is 2.08 bits per heavy atom. The van der Waals surface area contributed by atoms with Gasteiger partial charge in [0.15, 0.2) is 5.82 Å². The van der Waals surface area contributed by atoms with Gasteiger partial charge in [-0.1, -0.05) is 43.7 Å². The van der Waals surface area contributed by atoms with E-state index in [-0.39, 0.29) is 17.7 Å². The first-order chi connectivity index (χ1) is 18.1. The quantitative estimate of drug-likeness (QED) is 0.330. The highest BCUT2D eigenvalue weighted by Crippen LogP contribution is 2.29. The van der Waals surface area contributed by atoms with Crippen LogP contribution >= 0.6 is 0 Å². The molecule has 9 heteroatoms. The van der Waals surface area contributed by atoms with Crippen molar-refractivity contribution in [3.63, 3.8) is 0 Å². The van der Waals surface area contributed by atoms with Crippen molar-refractivity contribution in [2.75, 3.05) is 20.3 Å². The van der Waals surface area contributed by atoms with Crippen LogP contribution in [0.3, 0.4) is 0 Å². The van der Waals surface area contributed by atoms with Crippen LogP contribution in [-0.2, 0) is 17.8 Å². The van der Waals surface area contributed by atoms with Crippen LogP contribution < -0.4 is 10.3 Å². The molecular weight excluding hydrogens is 468 g/mol. The SMILES string of the molecule is CCC[C@@H](c1nnnn1Cc1ccccc1)N(Cc1cc2cc(OC)ccc2[nH]c1=O)C[C@H]1CCCO1. The lowest BCUT2D eigenvalue weighted by Gasteiger charge is -2.32. The van der Waals surface area contributed by atoms with Gasteiger partial charge in [0, 0.05) is 36.2 Å². The highest BCUT2D eigenvalue weighted by atomic mass is 16.5. The van der Waals surface area contributed by atoms with Gasteiger partial charge in [-0.3, -0.25) is 9.69 Å². The van der Waals surface area contributed by atoms with E-state index in [4.69, 9.17) is 9.47 Å². The lowest BCUT2D eigenvalue weighted by molar-refractivity contribution is 0.0476. The maximum atomic E-state index is 13.1. The molecule has 1 aliphatic heterocycles. The van der Waals surface area contributed by atoms with E-state index in [0.29, 0.717) is 25.2 Å². The number of hydrogen-bond donors (Lipinski definition) is 1. The van der Waals surface area contributed by atoms with Crippen LogP contribution in [0.4, 0.5) is 0 Å². The van der Waals surface area contributed by atoms with Gasteiger partial charge in [-0.15, -0.1) is 5.10 Å². The summed E-state index contributed by atoms with van der Waals surface area (Å²) in [4.78, 5) is 18.5. The van der Waals surface area contributed by atoms with Crippen LogP contribution in [0.15, 0.2) is 59.4 Å². The average Bonchev–Trinajstić information content (AvgIpc) is 3.60. The molecule has 0 bridgehead atoms. The second kappa shape index (κ2) is 11.7. The van der Waals surface area contributed by atoms with Crippen molar-refractivity contribution >= 4 is 10.9 Å². The lowest BCUT2D eigenvalue weighted by atomic mass is 10.1. The number of fused-ring (bicyclic) bond motifs is 1. The molecule has 0 spiro atoms. The minimum Gasteiger partial charge on any atom is -0.497 e. The van der Waals surface area contributed by atoms with E-state index in [1.807, 2.05) is 47.1 Å². The van der Waals surface area contributed by atoms with Gasteiger partial charge in [0.25, 0.3) is 5.56 Å². The van der Waals surface area contributed by atoms with Crippen LogP contribution in [0.1, 0.15) is 55.6 Å². The van der Waals surface area contributed by atoms with Crippen molar-refractivity contribution in [1.29, 1.82) is 0 Å². The number of aromatic amines is 1. The first-order valence-electron chi connectivity index (χ1n) is 13.0. The number of methoxy groups -OCH3 is 1. The lowest BCUT2D eigenvalue weighted by Crippen LogP contribution is -2.38. The summed E-state index contributed by atoms with van der Waals surface area (Å²) in [5.41, 5.74) is 2.53. The van der Waals surface area contributed by atoms with E-state index in [1.54, 1.807) is 7.11 Å². The van der Waals surface area contributed by atoms with Crippen molar-refractivity contribution in [3.8, 4) is 5.75 Å². The molecule has 2 aromatic carbocycles. The Hall–Kier alpha value is -3.56. The van der Waals surface area contributed by atoms with Gasteiger partial charge >= 0.3 is 0 Å². The first kappa shape index (κ1) is 25.1. The summed E-state index contributed by atoms with van der Waals surface area (Å²) in [6.07, 6.45) is 4.00. The van der Waals surface area contributed by atoms with Crippen molar-refractivity contribution in [2.24, 2.45) is 0 Å². The molecule has 37 heavy (non-hydrogen) atoms. The van der Waals surface area contributed by atoms with Gasteiger partial charge < -0.3 is 14.5 Å². The molecule has 2 atom stereocenters. The monoisotopic (exact) mass is 502 g/mol. The number of tetrazole rings is 1. The molecule has 1 saturated heterocycles. The summed E-state index contributed by atoms with van der Waals surface area (Å²) in [6.45, 7) is 4.70. The Bertz CT molecular complexity index is 1360. The number of pyridine rings is 1. The maximum Gasteiger partial charge on any atom is 0.252 e. The number of H-pyrrole nitrogens is 1. The van der Waals surface area contributed by atoms with Gasteiger partial charge in [0.2, 0.25) is 0 Å². The topological polar surface area (TPSA) is 98.2 Å². The molecule has 0 aliphatic carbocycles. The van der Waals surface area contributed by atoms with Crippen molar-refractivity contribution in [3.05, 3.63) is 81.9 Å². The maximum absolute atomic E-state index is 13.1. The smallest absolute Gasteiger partial charge is 0.252 e. The van der Waals surface area contributed by atoms with Crippen molar-refractivity contribution in [2.45, 2.75) is 57.8 Å². The van der Waals surface area contributed by atoms with E-state index in [2.05, 4.69) is 44.5 Å². The molecule has 0 unspecified atom stereocenters. The van der Waals surface area contributed by atoms with Gasteiger partial charge in [0.1, 0.15) is 5.75 Å². The molecular formula is C28H34N6O3. The summed E-state index contributed by atoms with van der Waals surface area (Å²) < 4.78 is 13.3. The van der Waals surface area contributed by atoms with E-state index in [1.165, 1.54) is 0 Å². The largest absolute Gasteiger partial charge is 0.497 e. The minimum absolute atomic E-state index is 0.0617. The molecule has 1 aliphatic rings. The highest BCUT2D eigenvalue weighted by Gasteiger charge is 2.30. The molecule has 9 nitrogen and oxygen atoms in total. The minimum atomic E-state index is -0.0888. The fourth-order valence-electron chi connectivity index (χ4n) is 5.11. The molecule has 194 valence electrons. The zero-order valence-corrected chi connectivity index (χ0v) is 21.5. The highest BCUT2D eigenvalue weighted by molar-refractivity contribution is 5.80. The molecule has 4 aromatic rings. The molecule has 5 rings (SSSR count). The molecule has 0 saturated carbocycles. The third-order valence-electron chi connectivity index (χ3n) is 7.00. The molecule has 0 amide bonds. The third-order valence-corrected chi connectivity index (χ3v) is 7.00. The van der Waals surface area contributed by atoms with Crippen LogP contribution in [-0.4, -0.2) is 56.5 Å². The number of hydrogen-bond acceptors (Lipinski definition) is 7. The summed E-state index contributed by atoms with van der Waals surface area (Å²) in [6, 6.07) is 17.8. The second-order valence-electron chi connectivity index (χ2n) is 9.63. The summed E-state index contributed by atoms with van der Waals surface area (Å²) in [5.74, 6) is 1.56. The van der Waals surface area contributed by atoms with Crippen LogP contribution in [0, 0.1) is 0 Å². The Labute approximate surface area is 216 Å². The Morgan fingerprint density at radius 1 is 1.22 bits per heavy atom. The number of rotatable bonds is 11. The van der Waals surface area contributed by atoms with E-state index in [0.717, 1.165) is 60.3 Å². The average molecular weight is 503 g/mol. The van der Waals surface area contributed by atoms with E-state index in [9.17, 15) is 4.79 Å². The summed E-state index contributed by atoms with van der Waals surface area (Å²) in [7, 11) is 1.64. The number of ether oxygens (including phenoxy) is 2.